The molecule has 0 aliphatic carbocycles. The monoisotopic (exact) mass is 591 g/mol. The minimum absolute atomic E-state index is 0.123. The summed E-state index contributed by atoms with van der Waals surface area (Å²) in [4.78, 5) is 20.6. The Balaban J connectivity index is 1.26. The van der Waals surface area contributed by atoms with Crippen LogP contribution in [0.3, 0.4) is 0 Å². The van der Waals surface area contributed by atoms with E-state index in [-0.39, 0.29) is 16.5 Å². The molecule has 9 nitrogen and oxygen atoms in total. The minimum atomic E-state index is -3.41. The molecule has 0 spiro atoms. The summed E-state index contributed by atoms with van der Waals surface area (Å²) < 4.78 is 32.3. The fourth-order valence-corrected chi connectivity index (χ4v) is 6.21. The Morgan fingerprint density at radius 2 is 1.79 bits per heavy atom. The van der Waals surface area contributed by atoms with Gasteiger partial charge < -0.3 is 24.5 Å². The summed E-state index contributed by atoms with van der Waals surface area (Å²) in [6.07, 6.45) is 7.68. The lowest BCUT2D eigenvalue weighted by molar-refractivity contribution is 0.211. The molecule has 0 unspecified atom stereocenters. The number of aromatic amines is 1. The second-order valence-electron chi connectivity index (χ2n) is 11.5. The third-order valence-electron chi connectivity index (χ3n) is 7.90. The molecule has 4 aromatic rings. The smallest absolute Gasteiger partial charge is 0.274 e. The molecule has 1 aliphatic rings. The van der Waals surface area contributed by atoms with E-state index in [2.05, 4.69) is 58.5 Å². The number of ether oxygens (including phenoxy) is 1. The molecule has 0 amide bonds. The van der Waals surface area contributed by atoms with Crippen molar-refractivity contribution in [2.45, 2.75) is 36.7 Å². The van der Waals surface area contributed by atoms with Crippen LogP contribution in [0, 0.1) is 0 Å². The molecule has 1 aliphatic heterocycles. The lowest BCUT2D eigenvalue weighted by atomic mass is 9.99. The number of H-pyrrole nitrogens is 1. The maximum atomic E-state index is 12.7. The van der Waals surface area contributed by atoms with Gasteiger partial charge in [-0.1, -0.05) is 12.1 Å². The molecule has 2 aromatic carbocycles. The Hall–Kier alpha value is -3.60. The normalized spacial score (nSPS) is 15.0. The maximum Gasteiger partial charge on any atom is 0.274 e. The number of fused-ring (bicyclic) bond motifs is 1. The van der Waals surface area contributed by atoms with Gasteiger partial charge >= 0.3 is 0 Å². The summed E-state index contributed by atoms with van der Waals surface area (Å²) in [5, 5.41) is 4.47. The van der Waals surface area contributed by atoms with Gasteiger partial charge in [0.05, 0.1) is 11.5 Å². The highest BCUT2D eigenvalue weighted by Gasteiger charge is 2.22. The number of benzene rings is 2. The predicted molar refractivity (Wildman–Crippen MR) is 169 cm³/mol. The molecule has 2 aromatic heterocycles. The number of likely N-dealkylation sites (tertiary alicyclic amines) is 1. The topological polar surface area (TPSA) is 99.7 Å². The largest absolute Gasteiger partial charge is 0.494 e. The Kier molecular flexibility index (Phi) is 9.05. The van der Waals surface area contributed by atoms with Gasteiger partial charge in [0, 0.05) is 80.1 Å². The maximum absolute atomic E-state index is 12.7. The number of aromatic nitrogens is 2. The molecule has 0 saturated carbocycles. The number of aryl methyl sites for hydroxylation is 1. The number of sulfone groups is 1. The lowest BCUT2D eigenvalue weighted by Crippen LogP contribution is -2.38. The molecule has 0 atom stereocenters. The van der Waals surface area contributed by atoms with Crippen molar-refractivity contribution in [2.24, 2.45) is 7.05 Å². The van der Waals surface area contributed by atoms with E-state index in [0.29, 0.717) is 5.52 Å². The van der Waals surface area contributed by atoms with Gasteiger partial charge in [-0.15, -0.1) is 0 Å². The summed E-state index contributed by atoms with van der Waals surface area (Å²) in [5.41, 5.74) is 4.09. The van der Waals surface area contributed by atoms with E-state index in [9.17, 15) is 13.2 Å². The summed E-state index contributed by atoms with van der Waals surface area (Å²) >= 11 is 0. The van der Waals surface area contributed by atoms with Gasteiger partial charge in [-0.05, 0) is 75.3 Å². The molecule has 5 rings (SSSR count). The highest BCUT2D eigenvalue weighted by atomic mass is 32.2. The quantitative estimate of drug-likeness (QED) is 0.250. The van der Waals surface area contributed by atoms with Crippen molar-refractivity contribution in [2.75, 3.05) is 51.9 Å². The van der Waals surface area contributed by atoms with Crippen LogP contribution in [0.1, 0.15) is 24.8 Å². The molecule has 2 N–H and O–H groups in total. The van der Waals surface area contributed by atoms with Crippen LogP contribution in [-0.4, -0.2) is 80.4 Å². The molecular formula is C32H41N5O4S. The number of piperidine rings is 1. The standard InChI is InChI=1S/C32H41N5O4S/c1-35(2)16-5-19-41-25-8-6-23(7-9-25)21-37-17-13-24(14-18-37)34-30-11-10-26(42(4,39)40)20-28(30)29-22-36(3)32(38)31-27(29)12-15-33-31/h6-12,15,20,22,24,33-34H,5,13-14,16-19,21H2,1-4H3. The fourth-order valence-electron chi connectivity index (χ4n) is 5.56. The van der Waals surface area contributed by atoms with Gasteiger partial charge in [0.15, 0.2) is 9.84 Å². The Labute approximate surface area is 248 Å². The minimum Gasteiger partial charge on any atom is -0.494 e. The second kappa shape index (κ2) is 12.7. The first-order valence-electron chi connectivity index (χ1n) is 14.4. The Morgan fingerprint density at radius 1 is 1.05 bits per heavy atom. The number of nitrogens with zero attached hydrogens (tertiary/aromatic N) is 3. The number of rotatable bonds is 11. The van der Waals surface area contributed by atoms with E-state index in [4.69, 9.17) is 4.74 Å². The van der Waals surface area contributed by atoms with Crippen molar-refractivity contribution in [1.82, 2.24) is 19.4 Å². The molecular weight excluding hydrogens is 550 g/mol. The van der Waals surface area contributed by atoms with E-state index in [1.165, 1.54) is 16.4 Å². The van der Waals surface area contributed by atoms with Crippen molar-refractivity contribution in [3.8, 4) is 16.9 Å². The van der Waals surface area contributed by atoms with Gasteiger partial charge in [-0.3, -0.25) is 9.69 Å². The van der Waals surface area contributed by atoms with E-state index in [1.54, 1.807) is 31.6 Å². The van der Waals surface area contributed by atoms with Gasteiger partial charge in [-0.25, -0.2) is 8.42 Å². The molecule has 1 saturated heterocycles. The van der Waals surface area contributed by atoms with E-state index in [0.717, 1.165) is 80.0 Å². The first kappa shape index (κ1) is 29.9. The van der Waals surface area contributed by atoms with Crippen LogP contribution in [0.4, 0.5) is 5.69 Å². The van der Waals surface area contributed by atoms with Crippen LogP contribution in [0.5, 0.6) is 5.75 Å². The number of hydrogen-bond donors (Lipinski definition) is 2. The second-order valence-corrected chi connectivity index (χ2v) is 13.6. The van der Waals surface area contributed by atoms with Gasteiger partial charge in [-0.2, -0.15) is 0 Å². The number of anilines is 1. The molecule has 1 fully saturated rings. The van der Waals surface area contributed by atoms with Gasteiger partial charge in [0.2, 0.25) is 0 Å². The number of nitrogens with one attached hydrogen (secondary N) is 2. The lowest BCUT2D eigenvalue weighted by Gasteiger charge is -2.33. The van der Waals surface area contributed by atoms with Crippen LogP contribution in [0.15, 0.2) is 70.6 Å². The molecule has 0 radical (unpaired) electrons. The zero-order valence-corrected chi connectivity index (χ0v) is 25.7. The van der Waals surface area contributed by atoms with E-state index in [1.807, 2.05) is 12.1 Å². The third-order valence-corrected chi connectivity index (χ3v) is 9.01. The Morgan fingerprint density at radius 3 is 2.48 bits per heavy atom. The SMILES string of the molecule is CN(C)CCCOc1ccc(CN2CCC(Nc3ccc(S(C)(=O)=O)cc3-c3cn(C)c(=O)c4[nH]ccc34)CC2)cc1. The first-order chi connectivity index (χ1) is 20.1. The summed E-state index contributed by atoms with van der Waals surface area (Å²) in [7, 11) is 2.44. The average Bonchev–Trinajstić information content (AvgIpc) is 3.45. The van der Waals surface area contributed by atoms with Crippen molar-refractivity contribution < 1.29 is 13.2 Å². The number of hydrogen-bond acceptors (Lipinski definition) is 7. The number of pyridine rings is 1. The Bertz CT molecular complexity index is 1680. The molecule has 3 heterocycles. The summed E-state index contributed by atoms with van der Waals surface area (Å²) in [6, 6.07) is 15.8. The zero-order valence-electron chi connectivity index (χ0n) is 24.9. The van der Waals surface area contributed by atoms with Crippen molar-refractivity contribution >= 4 is 26.4 Å². The highest BCUT2D eigenvalue weighted by Crippen LogP contribution is 2.35. The summed E-state index contributed by atoms with van der Waals surface area (Å²) in [6.45, 7) is 4.54. The fraction of sp³-hybridized carbons (Fsp3) is 0.406. The van der Waals surface area contributed by atoms with Crippen molar-refractivity contribution in [3.05, 3.63) is 76.8 Å². The van der Waals surface area contributed by atoms with Crippen LogP contribution >= 0.6 is 0 Å². The predicted octanol–water partition coefficient (Wildman–Crippen LogP) is 4.34. The zero-order chi connectivity index (χ0) is 29.9. The highest BCUT2D eigenvalue weighted by molar-refractivity contribution is 7.90. The van der Waals surface area contributed by atoms with E-state index < -0.39 is 9.84 Å². The van der Waals surface area contributed by atoms with Crippen LogP contribution in [0.25, 0.3) is 22.0 Å². The summed E-state index contributed by atoms with van der Waals surface area (Å²) in [5.74, 6) is 0.911. The van der Waals surface area contributed by atoms with Crippen LogP contribution < -0.4 is 15.6 Å². The first-order valence-corrected chi connectivity index (χ1v) is 16.3. The molecule has 0 bridgehead atoms. The van der Waals surface area contributed by atoms with Crippen LogP contribution in [-0.2, 0) is 23.4 Å². The van der Waals surface area contributed by atoms with Gasteiger partial charge in [0.1, 0.15) is 11.3 Å². The van der Waals surface area contributed by atoms with E-state index >= 15 is 0 Å². The molecule has 10 heteroatoms. The molecule has 224 valence electrons. The average molecular weight is 592 g/mol. The van der Waals surface area contributed by atoms with Crippen molar-refractivity contribution in [1.29, 1.82) is 0 Å². The van der Waals surface area contributed by atoms with Crippen molar-refractivity contribution in [3.63, 3.8) is 0 Å². The van der Waals surface area contributed by atoms with Crippen LogP contribution in [0.2, 0.25) is 0 Å². The molecule has 42 heavy (non-hydrogen) atoms. The third kappa shape index (κ3) is 7.06. The van der Waals surface area contributed by atoms with Gasteiger partial charge in [0.25, 0.3) is 5.56 Å².